The number of hydrogen-bond donors (Lipinski definition) is 1. The number of rotatable bonds is 9. The lowest BCUT2D eigenvalue weighted by Crippen LogP contribution is -2.16. The zero-order valence-corrected chi connectivity index (χ0v) is 20.2. The molecule has 1 amide bonds. The fraction of sp³-hybridized carbons (Fsp3) is 0.304. The van der Waals surface area contributed by atoms with Crippen molar-refractivity contribution >= 4 is 40.0 Å². The summed E-state index contributed by atoms with van der Waals surface area (Å²) in [6.45, 7) is 10.4. The van der Waals surface area contributed by atoms with Gasteiger partial charge in [-0.05, 0) is 12.5 Å². The summed E-state index contributed by atoms with van der Waals surface area (Å²) >= 11 is 2.60. The monoisotopic (exact) mass is 470 g/mol. The number of thioether (sulfide) groups is 1. The van der Waals surface area contributed by atoms with Crippen LogP contribution in [0.3, 0.4) is 0 Å². The fourth-order valence-corrected chi connectivity index (χ4v) is 4.86. The first-order valence-electron chi connectivity index (χ1n) is 10.1. The van der Waals surface area contributed by atoms with Crippen molar-refractivity contribution < 1.29 is 14.3 Å². The summed E-state index contributed by atoms with van der Waals surface area (Å²) in [6, 6.07) is 7.86. The van der Waals surface area contributed by atoms with E-state index >= 15 is 0 Å². The number of nitrogens with one attached hydrogen (secondary N) is 1. The average molecular weight is 471 g/mol. The Bertz CT molecular complexity index is 1120. The molecule has 0 unspecified atom stereocenters. The van der Waals surface area contributed by atoms with Crippen LogP contribution < -0.4 is 5.32 Å². The molecular formula is C23H26N4O3S2. The number of methoxy groups -OCH3 is 1. The molecule has 0 fully saturated rings. The minimum atomic E-state index is -0.489. The Morgan fingerprint density at radius 1 is 1.28 bits per heavy atom. The number of allylic oxidation sites excluding steroid dienone is 1. The Kier molecular flexibility index (Phi) is 7.87. The van der Waals surface area contributed by atoms with E-state index in [1.165, 1.54) is 30.2 Å². The Morgan fingerprint density at radius 2 is 2.00 bits per heavy atom. The summed E-state index contributed by atoms with van der Waals surface area (Å²) in [5.41, 5.74) is 3.11. The second-order valence-corrected chi connectivity index (χ2v) is 9.26. The van der Waals surface area contributed by atoms with Crippen molar-refractivity contribution in [1.29, 1.82) is 0 Å². The number of thiophene rings is 1. The number of carbonyl (C=O) groups excluding carboxylic acids is 2. The van der Waals surface area contributed by atoms with Gasteiger partial charge in [0.2, 0.25) is 5.91 Å². The number of esters is 1. The lowest BCUT2D eigenvalue weighted by molar-refractivity contribution is -0.113. The van der Waals surface area contributed by atoms with E-state index in [0.717, 1.165) is 22.5 Å². The molecule has 0 aliphatic carbocycles. The van der Waals surface area contributed by atoms with Crippen LogP contribution in [-0.2, 0) is 16.1 Å². The van der Waals surface area contributed by atoms with Gasteiger partial charge in [-0.2, -0.15) is 0 Å². The second kappa shape index (κ2) is 10.6. The van der Waals surface area contributed by atoms with Crippen LogP contribution in [0, 0.1) is 6.92 Å². The van der Waals surface area contributed by atoms with Gasteiger partial charge in [0.15, 0.2) is 5.16 Å². The van der Waals surface area contributed by atoms with Crippen molar-refractivity contribution in [2.24, 2.45) is 0 Å². The standard InChI is InChI=1S/C23H26N4O3S2/c1-6-11-27-20(14(2)3)25-26-23(27)32-13-18(28)24-21-19(22(29)30-5)17(12-31-21)16-9-7-15(4)8-10-16/h6-10,12,14H,1,11,13H2,2-5H3,(H,24,28). The summed E-state index contributed by atoms with van der Waals surface area (Å²) < 4.78 is 6.93. The molecule has 0 aliphatic heterocycles. The maximum absolute atomic E-state index is 12.7. The number of aryl methyl sites for hydroxylation is 1. The van der Waals surface area contributed by atoms with Gasteiger partial charge in [-0.3, -0.25) is 4.79 Å². The molecular weight excluding hydrogens is 444 g/mol. The third kappa shape index (κ3) is 5.28. The molecule has 9 heteroatoms. The number of hydrogen-bond acceptors (Lipinski definition) is 7. The Hall–Kier alpha value is -2.91. The van der Waals surface area contributed by atoms with Crippen molar-refractivity contribution in [1.82, 2.24) is 14.8 Å². The molecule has 0 aliphatic rings. The van der Waals surface area contributed by atoms with Crippen molar-refractivity contribution in [3.63, 3.8) is 0 Å². The number of benzene rings is 1. The van der Waals surface area contributed by atoms with Gasteiger partial charge in [0.05, 0.1) is 12.9 Å². The van der Waals surface area contributed by atoms with Gasteiger partial charge in [0.1, 0.15) is 16.4 Å². The molecule has 0 saturated heterocycles. The molecule has 0 bridgehead atoms. The molecule has 2 heterocycles. The van der Waals surface area contributed by atoms with Crippen LogP contribution in [0.25, 0.3) is 11.1 Å². The third-order valence-corrected chi connectivity index (χ3v) is 6.56. The first-order chi connectivity index (χ1) is 15.3. The van der Waals surface area contributed by atoms with E-state index in [1.54, 1.807) is 6.08 Å². The molecule has 2 aromatic heterocycles. The second-order valence-electron chi connectivity index (χ2n) is 7.44. The summed E-state index contributed by atoms with van der Waals surface area (Å²) in [5, 5.41) is 14.3. The number of amides is 1. The molecule has 32 heavy (non-hydrogen) atoms. The van der Waals surface area contributed by atoms with Gasteiger partial charge in [0, 0.05) is 23.4 Å². The molecule has 0 spiro atoms. The lowest BCUT2D eigenvalue weighted by Gasteiger charge is -2.10. The van der Waals surface area contributed by atoms with Crippen molar-refractivity contribution in [3.8, 4) is 11.1 Å². The van der Waals surface area contributed by atoms with Crippen LogP contribution in [-0.4, -0.2) is 39.5 Å². The molecule has 0 atom stereocenters. The zero-order chi connectivity index (χ0) is 23.3. The zero-order valence-electron chi connectivity index (χ0n) is 18.5. The van der Waals surface area contributed by atoms with Gasteiger partial charge in [-0.1, -0.05) is 61.5 Å². The highest BCUT2D eigenvalue weighted by molar-refractivity contribution is 7.99. The predicted molar refractivity (Wildman–Crippen MR) is 129 cm³/mol. The topological polar surface area (TPSA) is 86.1 Å². The molecule has 1 aromatic carbocycles. The van der Waals surface area contributed by atoms with Crippen molar-refractivity contribution in [2.75, 3.05) is 18.2 Å². The highest BCUT2D eigenvalue weighted by atomic mass is 32.2. The number of anilines is 1. The molecule has 3 aromatic rings. The van der Waals surface area contributed by atoms with E-state index in [4.69, 9.17) is 4.74 Å². The first kappa shape index (κ1) is 23.7. The molecule has 1 N–H and O–H groups in total. The van der Waals surface area contributed by atoms with Gasteiger partial charge < -0.3 is 14.6 Å². The molecule has 0 saturated carbocycles. The minimum Gasteiger partial charge on any atom is -0.465 e. The number of aromatic nitrogens is 3. The normalized spacial score (nSPS) is 10.9. The molecule has 3 rings (SSSR count). The van der Waals surface area contributed by atoms with Gasteiger partial charge in [-0.15, -0.1) is 28.1 Å². The maximum Gasteiger partial charge on any atom is 0.341 e. The van der Waals surface area contributed by atoms with E-state index in [2.05, 4.69) is 22.1 Å². The van der Waals surface area contributed by atoms with Crippen LogP contribution in [0.5, 0.6) is 0 Å². The van der Waals surface area contributed by atoms with E-state index in [-0.39, 0.29) is 17.6 Å². The number of nitrogens with zero attached hydrogens (tertiary/aromatic N) is 3. The largest absolute Gasteiger partial charge is 0.465 e. The van der Waals surface area contributed by atoms with Crippen LogP contribution >= 0.6 is 23.1 Å². The Balaban J connectivity index is 1.78. The van der Waals surface area contributed by atoms with E-state index in [0.29, 0.717) is 22.3 Å². The number of ether oxygens (including phenoxy) is 1. The Labute approximate surface area is 195 Å². The van der Waals surface area contributed by atoms with Crippen LogP contribution in [0.4, 0.5) is 5.00 Å². The smallest absolute Gasteiger partial charge is 0.341 e. The minimum absolute atomic E-state index is 0.131. The summed E-state index contributed by atoms with van der Waals surface area (Å²) in [5.74, 6) is 0.460. The maximum atomic E-state index is 12.7. The van der Waals surface area contributed by atoms with Crippen molar-refractivity contribution in [2.45, 2.75) is 38.4 Å². The highest BCUT2D eigenvalue weighted by Gasteiger charge is 2.23. The van der Waals surface area contributed by atoms with Crippen LogP contribution in [0.15, 0.2) is 47.5 Å². The van der Waals surface area contributed by atoms with Crippen LogP contribution in [0.1, 0.15) is 41.5 Å². The highest BCUT2D eigenvalue weighted by Crippen LogP contribution is 2.36. The SMILES string of the molecule is C=CCn1c(SCC(=O)Nc2scc(-c3ccc(C)cc3)c2C(=O)OC)nnc1C(C)C. The Morgan fingerprint density at radius 3 is 2.62 bits per heavy atom. The molecule has 0 radical (unpaired) electrons. The van der Waals surface area contributed by atoms with E-state index in [9.17, 15) is 9.59 Å². The fourth-order valence-electron chi connectivity index (χ4n) is 3.13. The molecule has 168 valence electrons. The lowest BCUT2D eigenvalue weighted by atomic mass is 10.0. The summed E-state index contributed by atoms with van der Waals surface area (Å²) in [6.07, 6.45) is 1.78. The summed E-state index contributed by atoms with van der Waals surface area (Å²) in [7, 11) is 1.33. The number of carbonyl (C=O) groups is 2. The average Bonchev–Trinajstić information content (AvgIpc) is 3.37. The quantitative estimate of drug-likeness (QED) is 0.265. The van der Waals surface area contributed by atoms with Crippen molar-refractivity contribution in [3.05, 3.63) is 59.3 Å². The van der Waals surface area contributed by atoms with Crippen LogP contribution in [0.2, 0.25) is 0 Å². The first-order valence-corrected chi connectivity index (χ1v) is 12.0. The van der Waals surface area contributed by atoms with E-state index in [1.807, 2.05) is 55.0 Å². The molecule has 7 nitrogen and oxygen atoms in total. The predicted octanol–water partition coefficient (Wildman–Crippen LogP) is 5.14. The third-order valence-electron chi connectivity index (χ3n) is 4.70. The van der Waals surface area contributed by atoms with Gasteiger partial charge >= 0.3 is 5.97 Å². The van der Waals surface area contributed by atoms with Gasteiger partial charge in [-0.25, -0.2) is 4.79 Å². The van der Waals surface area contributed by atoms with Gasteiger partial charge in [0.25, 0.3) is 0 Å². The summed E-state index contributed by atoms with van der Waals surface area (Å²) in [4.78, 5) is 25.2. The van der Waals surface area contributed by atoms with E-state index < -0.39 is 5.97 Å².